The maximum Gasteiger partial charge on any atom is 1.00 e. The Balaban J connectivity index is 0. The maximum atomic E-state index is 9.04. The van der Waals surface area contributed by atoms with Crippen LogP contribution in [-0.2, 0) is 11.3 Å². The number of benzene rings is 1. The molecule has 0 aliphatic rings. The Morgan fingerprint density at radius 2 is 1.62 bits per heavy atom. The molecular weight excluding hydrogens is 255 g/mol. The van der Waals surface area contributed by atoms with Crippen molar-refractivity contribution in [2.24, 2.45) is 11.5 Å². The number of rotatable bonds is 2. The van der Waals surface area contributed by atoms with Crippen LogP contribution in [0.4, 0.5) is 0 Å². The van der Waals surface area contributed by atoms with Crippen LogP contribution < -0.4 is 46.1 Å². The Labute approximate surface area is 127 Å². The molecule has 1 rings (SSSR count). The fraction of sp³-hybridized carbons (Fsp3) is 0.111. The van der Waals surface area contributed by atoms with E-state index >= 15 is 0 Å². The summed E-state index contributed by atoms with van der Waals surface area (Å²) in [7, 11) is 0. The quantitative estimate of drug-likeness (QED) is 0.439. The van der Waals surface area contributed by atoms with Crippen LogP contribution >= 0.6 is 24.4 Å². The molecule has 0 radical (unpaired) electrons. The van der Waals surface area contributed by atoms with Gasteiger partial charge in [0.15, 0.2) is 0 Å². The first-order chi connectivity index (χ1) is 7.02. The van der Waals surface area contributed by atoms with Crippen molar-refractivity contribution in [3.05, 3.63) is 35.9 Å². The van der Waals surface area contributed by atoms with Crippen LogP contribution in [0.2, 0.25) is 0 Å². The largest absolute Gasteiger partial charge is 1.00 e. The monoisotopic (exact) mass is 266 g/mol. The Hall–Kier alpha value is -0.400. The first-order valence-electron chi connectivity index (χ1n) is 3.95. The van der Waals surface area contributed by atoms with E-state index in [-0.39, 0.29) is 34.7 Å². The summed E-state index contributed by atoms with van der Waals surface area (Å²) in [6, 6.07) is 9.75. The third-order valence-corrected chi connectivity index (χ3v) is 1.34. The summed E-state index contributed by atoms with van der Waals surface area (Å²) in [5.41, 5.74) is 10.5. The van der Waals surface area contributed by atoms with Gasteiger partial charge in [-0.1, -0.05) is 42.5 Å². The van der Waals surface area contributed by atoms with E-state index in [2.05, 4.69) is 30.2 Å². The number of ether oxygens (including phenoxy) is 1. The minimum atomic E-state index is -0.750. The number of hydrogen-bond donors (Lipinski definition) is 2. The first kappa shape index (κ1) is 18.0. The van der Waals surface area contributed by atoms with Crippen molar-refractivity contribution >= 4 is 34.8 Å². The predicted molar refractivity (Wildman–Crippen MR) is 64.8 cm³/mol. The molecule has 4 N–H and O–H groups in total. The summed E-state index contributed by atoms with van der Waals surface area (Å²) < 4.78 is 4.94. The van der Waals surface area contributed by atoms with E-state index in [0.29, 0.717) is 6.61 Å². The molecule has 0 heterocycles. The van der Waals surface area contributed by atoms with Crippen molar-refractivity contribution in [2.75, 3.05) is 0 Å². The average molecular weight is 266 g/mol. The molecule has 1 aromatic carbocycles. The molecule has 0 saturated carbocycles. The zero-order chi connectivity index (χ0) is 11.7. The van der Waals surface area contributed by atoms with E-state index in [1.807, 2.05) is 30.3 Å². The predicted octanol–water partition coefficient (Wildman–Crippen LogP) is -2.96. The number of thiocarbonyl (C=S) groups is 2. The van der Waals surface area contributed by atoms with Gasteiger partial charge in [0.05, 0.1) is 0 Å². The van der Waals surface area contributed by atoms with Crippen molar-refractivity contribution in [2.45, 2.75) is 6.61 Å². The molecule has 0 atom stereocenters. The summed E-state index contributed by atoms with van der Waals surface area (Å²) in [4.78, 5) is 0. The molecule has 4 nitrogen and oxygen atoms in total. The molecule has 0 amide bonds. The normalized spacial score (nSPS) is 7.75. The minimum absolute atomic E-state index is 0. The van der Waals surface area contributed by atoms with Gasteiger partial charge in [-0.05, 0) is 17.8 Å². The standard InChI is InChI=1S/C8H9NOS.CH3NOS.Na/c9-8(11)10-6-7-4-2-1-3-5-7;2-1(3)4;/h1-5H,6H2,(H2,9,11);(H3,2,3,4);/q;;+1/p-1. The van der Waals surface area contributed by atoms with E-state index < -0.39 is 5.17 Å². The van der Waals surface area contributed by atoms with Gasteiger partial charge in [0.1, 0.15) is 6.61 Å². The molecule has 0 aliphatic heterocycles. The fourth-order valence-electron chi connectivity index (χ4n) is 0.729. The summed E-state index contributed by atoms with van der Waals surface area (Å²) >= 11 is 8.31. The second-order valence-corrected chi connectivity index (χ2v) is 3.22. The second-order valence-electron chi connectivity index (χ2n) is 2.41. The molecule has 0 aliphatic carbocycles. The molecule has 82 valence electrons. The van der Waals surface area contributed by atoms with Gasteiger partial charge in [0.25, 0.3) is 5.17 Å². The summed E-state index contributed by atoms with van der Waals surface area (Å²) in [6.07, 6.45) is 0. The van der Waals surface area contributed by atoms with Gasteiger partial charge in [-0.25, -0.2) is 0 Å². The van der Waals surface area contributed by atoms with Crippen LogP contribution in [0, 0.1) is 0 Å². The third kappa shape index (κ3) is 13.6. The van der Waals surface area contributed by atoms with E-state index in [4.69, 9.17) is 15.6 Å². The molecule has 1 aromatic rings. The molecule has 0 aromatic heterocycles. The van der Waals surface area contributed by atoms with Crippen molar-refractivity contribution in [1.82, 2.24) is 0 Å². The van der Waals surface area contributed by atoms with E-state index in [1.165, 1.54) is 0 Å². The van der Waals surface area contributed by atoms with Crippen LogP contribution in [0.5, 0.6) is 0 Å². The molecule has 16 heavy (non-hydrogen) atoms. The Kier molecular flexibility index (Phi) is 12.5. The van der Waals surface area contributed by atoms with Crippen molar-refractivity contribution < 1.29 is 39.4 Å². The maximum absolute atomic E-state index is 9.04. The average Bonchev–Trinajstić information content (AvgIpc) is 2.15. The molecule has 7 heteroatoms. The molecular formula is C9H11N2NaO2S2. The third-order valence-electron chi connectivity index (χ3n) is 1.22. The summed E-state index contributed by atoms with van der Waals surface area (Å²) in [6.45, 7) is 0.455. The number of hydrogen-bond acceptors (Lipinski definition) is 4. The molecule has 0 fully saturated rings. The van der Waals surface area contributed by atoms with E-state index in [9.17, 15) is 0 Å². The zero-order valence-corrected chi connectivity index (χ0v) is 12.5. The van der Waals surface area contributed by atoms with Crippen LogP contribution in [0.3, 0.4) is 0 Å². The molecule has 0 saturated heterocycles. The summed E-state index contributed by atoms with van der Waals surface area (Å²) in [5.74, 6) is 0. The Bertz CT molecular complexity index is 319. The Morgan fingerprint density at radius 1 is 1.19 bits per heavy atom. The first-order valence-corrected chi connectivity index (χ1v) is 4.76. The number of nitrogens with two attached hydrogens (primary N) is 2. The molecule has 0 bridgehead atoms. The van der Waals surface area contributed by atoms with Crippen LogP contribution in [0.15, 0.2) is 30.3 Å². The van der Waals surface area contributed by atoms with Gasteiger partial charge >= 0.3 is 29.6 Å². The van der Waals surface area contributed by atoms with Gasteiger partial charge < -0.3 is 21.3 Å². The van der Waals surface area contributed by atoms with Gasteiger partial charge in [-0.15, -0.1) is 0 Å². The van der Waals surface area contributed by atoms with Crippen LogP contribution in [0.1, 0.15) is 5.56 Å². The minimum Gasteiger partial charge on any atom is -0.852 e. The van der Waals surface area contributed by atoms with E-state index in [0.717, 1.165) is 5.56 Å². The smallest absolute Gasteiger partial charge is 0.852 e. The molecule has 0 unspecified atom stereocenters. The van der Waals surface area contributed by atoms with Crippen molar-refractivity contribution in [3.63, 3.8) is 0 Å². The molecule has 0 spiro atoms. The van der Waals surface area contributed by atoms with Crippen LogP contribution in [-0.4, -0.2) is 10.3 Å². The van der Waals surface area contributed by atoms with Crippen molar-refractivity contribution in [3.8, 4) is 0 Å². The Morgan fingerprint density at radius 3 is 2.00 bits per heavy atom. The second kappa shape index (κ2) is 11.1. The van der Waals surface area contributed by atoms with Gasteiger partial charge in [0.2, 0.25) is 0 Å². The van der Waals surface area contributed by atoms with Crippen LogP contribution in [0.25, 0.3) is 0 Å². The van der Waals surface area contributed by atoms with E-state index in [1.54, 1.807) is 0 Å². The fourth-order valence-corrected chi connectivity index (χ4v) is 0.788. The topological polar surface area (TPSA) is 84.3 Å². The van der Waals surface area contributed by atoms with Crippen molar-refractivity contribution in [1.29, 1.82) is 0 Å². The SMILES string of the molecule is NC(=S)OCc1ccccc1.NC([O-])=S.[Na+]. The van der Waals surface area contributed by atoms with Gasteiger partial charge in [0, 0.05) is 5.17 Å². The zero-order valence-electron chi connectivity index (χ0n) is 8.88. The van der Waals surface area contributed by atoms with Gasteiger partial charge in [-0.3, -0.25) is 0 Å². The summed E-state index contributed by atoms with van der Waals surface area (Å²) in [5, 5.41) is 8.38. The van der Waals surface area contributed by atoms with Gasteiger partial charge in [-0.2, -0.15) is 0 Å².